The summed E-state index contributed by atoms with van der Waals surface area (Å²) >= 11 is 1.65. The lowest BCUT2D eigenvalue weighted by Crippen LogP contribution is -2.23. The molecule has 2 aromatic heterocycles. The summed E-state index contributed by atoms with van der Waals surface area (Å²) in [6, 6.07) is 0. The first-order valence-corrected chi connectivity index (χ1v) is 6.19. The molecule has 0 atom stereocenters. The summed E-state index contributed by atoms with van der Waals surface area (Å²) < 4.78 is 2.04. The van der Waals surface area contributed by atoms with Gasteiger partial charge in [-0.1, -0.05) is 27.4 Å². The van der Waals surface area contributed by atoms with Crippen LogP contribution in [0.5, 0.6) is 0 Å². The second-order valence-corrected chi connectivity index (χ2v) is 5.78. The molecule has 0 unspecified atom stereocenters. The van der Waals surface area contributed by atoms with E-state index in [4.69, 9.17) is 0 Å². The van der Waals surface area contributed by atoms with Crippen LogP contribution in [-0.4, -0.2) is 9.38 Å². The van der Waals surface area contributed by atoms with Crippen LogP contribution in [0.1, 0.15) is 26.5 Å². The molecule has 86 valence electrons. The lowest BCUT2D eigenvalue weighted by atomic mass is 9.93. The van der Waals surface area contributed by atoms with Crippen molar-refractivity contribution in [1.82, 2.24) is 14.7 Å². The summed E-state index contributed by atoms with van der Waals surface area (Å²) in [5, 5.41) is 5.36. The summed E-state index contributed by atoms with van der Waals surface area (Å²) in [6.07, 6.45) is 4.07. The fraction of sp³-hybridized carbons (Fsp3) is 0.417. The molecule has 1 N–H and O–H groups in total. The average Bonchev–Trinajstić information content (AvgIpc) is 2.71. The van der Waals surface area contributed by atoms with E-state index in [-0.39, 0.29) is 5.41 Å². The van der Waals surface area contributed by atoms with Gasteiger partial charge in [-0.2, -0.15) is 0 Å². The lowest BCUT2D eigenvalue weighted by molar-refractivity contribution is 0.460. The van der Waals surface area contributed by atoms with Crippen LogP contribution in [0.2, 0.25) is 0 Å². The summed E-state index contributed by atoms with van der Waals surface area (Å²) in [6.45, 7) is 11.2. The zero-order valence-corrected chi connectivity index (χ0v) is 10.8. The number of nitrogens with zero attached hydrogens (tertiary/aromatic N) is 2. The fourth-order valence-electron chi connectivity index (χ4n) is 1.32. The van der Waals surface area contributed by atoms with E-state index in [9.17, 15) is 0 Å². The van der Waals surface area contributed by atoms with E-state index in [1.54, 1.807) is 11.3 Å². The van der Waals surface area contributed by atoms with E-state index in [2.05, 4.69) is 43.8 Å². The number of fused-ring (bicyclic) bond motifs is 1. The van der Waals surface area contributed by atoms with Crippen molar-refractivity contribution < 1.29 is 0 Å². The molecule has 0 amide bonds. The molecule has 16 heavy (non-hydrogen) atoms. The van der Waals surface area contributed by atoms with Crippen LogP contribution in [0.4, 0.5) is 0 Å². The van der Waals surface area contributed by atoms with Gasteiger partial charge in [-0.3, -0.25) is 4.40 Å². The van der Waals surface area contributed by atoms with Crippen molar-refractivity contribution in [1.29, 1.82) is 0 Å². The molecule has 0 bridgehead atoms. The molecule has 0 aromatic carbocycles. The van der Waals surface area contributed by atoms with Crippen molar-refractivity contribution in [3.8, 4) is 0 Å². The highest BCUT2D eigenvalue weighted by Crippen LogP contribution is 2.21. The van der Waals surface area contributed by atoms with Gasteiger partial charge in [0, 0.05) is 28.9 Å². The van der Waals surface area contributed by atoms with Gasteiger partial charge in [0.2, 0.25) is 0 Å². The molecule has 0 fully saturated rings. The Morgan fingerprint density at radius 2 is 2.31 bits per heavy atom. The molecule has 0 saturated heterocycles. The fourth-order valence-corrected chi connectivity index (χ4v) is 2.04. The summed E-state index contributed by atoms with van der Waals surface area (Å²) in [7, 11) is 0. The van der Waals surface area contributed by atoms with Gasteiger partial charge in [0.15, 0.2) is 4.96 Å². The van der Waals surface area contributed by atoms with Crippen LogP contribution in [-0.2, 0) is 6.54 Å². The zero-order chi connectivity index (χ0) is 11.8. The van der Waals surface area contributed by atoms with Crippen molar-refractivity contribution in [2.24, 2.45) is 5.41 Å². The predicted octanol–water partition coefficient (Wildman–Crippen LogP) is 3.05. The molecule has 0 radical (unpaired) electrons. The smallest absolute Gasteiger partial charge is 0.193 e. The van der Waals surface area contributed by atoms with E-state index in [1.807, 2.05) is 16.0 Å². The molecular weight excluding hydrogens is 218 g/mol. The van der Waals surface area contributed by atoms with Crippen molar-refractivity contribution in [3.63, 3.8) is 0 Å². The average molecular weight is 235 g/mol. The van der Waals surface area contributed by atoms with Gasteiger partial charge in [-0.15, -0.1) is 11.3 Å². The summed E-state index contributed by atoms with van der Waals surface area (Å²) in [4.78, 5) is 5.54. The van der Waals surface area contributed by atoms with Crippen LogP contribution in [0.25, 0.3) is 4.96 Å². The number of thiazole rings is 1. The molecule has 2 rings (SSSR count). The Morgan fingerprint density at radius 3 is 2.94 bits per heavy atom. The number of hydrogen-bond donors (Lipinski definition) is 1. The number of aromatic nitrogens is 2. The Balaban J connectivity index is 2.01. The van der Waals surface area contributed by atoms with Crippen LogP contribution in [0.3, 0.4) is 0 Å². The van der Waals surface area contributed by atoms with Gasteiger partial charge in [0.1, 0.15) is 0 Å². The molecule has 4 heteroatoms. The molecule has 0 aliphatic rings. The maximum Gasteiger partial charge on any atom is 0.193 e. The predicted molar refractivity (Wildman–Crippen MR) is 68.5 cm³/mol. The second kappa shape index (κ2) is 3.94. The van der Waals surface area contributed by atoms with Crippen LogP contribution in [0, 0.1) is 5.41 Å². The molecule has 0 aliphatic carbocycles. The minimum absolute atomic E-state index is 0.0944. The highest BCUT2D eigenvalue weighted by Gasteiger charge is 2.14. The number of allylic oxidation sites excluding steroid dienone is 1. The monoisotopic (exact) mass is 235 g/mol. The number of imidazole rings is 1. The second-order valence-electron chi connectivity index (χ2n) is 4.91. The first-order valence-electron chi connectivity index (χ1n) is 5.31. The maximum atomic E-state index is 4.50. The van der Waals surface area contributed by atoms with E-state index in [0.29, 0.717) is 0 Å². The van der Waals surface area contributed by atoms with Gasteiger partial charge in [-0.05, 0) is 0 Å². The molecule has 2 aromatic rings. The van der Waals surface area contributed by atoms with Crippen LogP contribution < -0.4 is 5.32 Å². The van der Waals surface area contributed by atoms with Crippen molar-refractivity contribution in [3.05, 3.63) is 35.7 Å². The first-order chi connectivity index (χ1) is 7.47. The lowest BCUT2D eigenvalue weighted by Gasteiger charge is -2.22. The van der Waals surface area contributed by atoms with Gasteiger partial charge < -0.3 is 5.32 Å². The van der Waals surface area contributed by atoms with Gasteiger partial charge in [0.25, 0.3) is 0 Å². The van der Waals surface area contributed by atoms with E-state index in [0.717, 1.165) is 22.9 Å². The molecule has 2 heterocycles. The Morgan fingerprint density at radius 1 is 1.56 bits per heavy atom. The molecule has 0 saturated carbocycles. The van der Waals surface area contributed by atoms with Crippen molar-refractivity contribution in [2.75, 3.05) is 0 Å². The Labute approximate surface area is 99.8 Å². The largest absolute Gasteiger partial charge is 0.383 e. The molecule has 0 spiro atoms. The number of nitrogens with one attached hydrogen (secondary N) is 1. The van der Waals surface area contributed by atoms with Gasteiger partial charge in [0.05, 0.1) is 12.2 Å². The first kappa shape index (κ1) is 11.2. The minimum Gasteiger partial charge on any atom is -0.383 e. The molecular formula is C12H17N3S. The van der Waals surface area contributed by atoms with Crippen LogP contribution >= 0.6 is 11.3 Å². The third-order valence-electron chi connectivity index (χ3n) is 2.53. The SMILES string of the molecule is C=C(NCc1cn2ccsc2n1)C(C)(C)C. The molecule has 0 aliphatic heterocycles. The molecule has 3 nitrogen and oxygen atoms in total. The zero-order valence-electron chi connectivity index (χ0n) is 9.95. The van der Waals surface area contributed by atoms with Gasteiger partial charge >= 0.3 is 0 Å². The van der Waals surface area contributed by atoms with Gasteiger partial charge in [-0.25, -0.2) is 4.98 Å². The number of hydrogen-bond acceptors (Lipinski definition) is 3. The van der Waals surface area contributed by atoms with E-state index in [1.165, 1.54) is 0 Å². The third-order valence-corrected chi connectivity index (χ3v) is 3.30. The Hall–Kier alpha value is -1.29. The van der Waals surface area contributed by atoms with Crippen molar-refractivity contribution in [2.45, 2.75) is 27.3 Å². The number of rotatable bonds is 3. The third kappa shape index (κ3) is 2.27. The summed E-state index contributed by atoms with van der Waals surface area (Å²) in [5.74, 6) is 0. The normalized spacial score (nSPS) is 11.9. The quantitative estimate of drug-likeness (QED) is 0.886. The maximum absolute atomic E-state index is 4.50. The van der Waals surface area contributed by atoms with Crippen molar-refractivity contribution >= 4 is 16.3 Å². The van der Waals surface area contributed by atoms with E-state index >= 15 is 0 Å². The van der Waals surface area contributed by atoms with Crippen LogP contribution in [0.15, 0.2) is 30.0 Å². The summed E-state index contributed by atoms with van der Waals surface area (Å²) in [5.41, 5.74) is 2.19. The highest BCUT2D eigenvalue weighted by molar-refractivity contribution is 7.15. The minimum atomic E-state index is 0.0944. The standard InChI is InChI=1S/C12H17N3S/c1-9(12(2,3)4)13-7-10-8-15-5-6-16-11(15)14-10/h5-6,8,13H,1,7H2,2-4H3. The highest BCUT2D eigenvalue weighted by atomic mass is 32.1. The Bertz CT molecular complexity index is 473. The topological polar surface area (TPSA) is 29.3 Å². The van der Waals surface area contributed by atoms with E-state index < -0.39 is 0 Å². The Kier molecular flexibility index (Phi) is 2.76.